The lowest BCUT2D eigenvalue weighted by molar-refractivity contribution is 0.0168. The molecule has 0 aliphatic carbocycles. The molecule has 2 N–H and O–H groups in total. The van der Waals surface area contributed by atoms with Gasteiger partial charge in [-0.1, -0.05) is 17.7 Å². The van der Waals surface area contributed by atoms with Gasteiger partial charge >= 0.3 is 6.03 Å². The number of hydrogen-bond acceptors (Lipinski definition) is 4. The zero-order valence-corrected chi connectivity index (χ0v) is 14.6. The molecule has 1 unspecified atom stereocenters. The van der Waals surface area contributed by atoms with E-state index in [1.165, 1.54) is 11.1 Å². The second kappa shape index (κ2) is 8.28. The second-order valence-electron chi connectivity index (χ2n) is 5.92. The van der Waals surface area contributed by atoms with Crippen molar-refractivity contribution in [3.63, 3.8) is 0 Å². The molecule has 5 nitrogen and oxygen atoms in total. The number of nitrogens with zero attached hydrogens (tertiary/aromatic N) is 1. The lowest BCUT2D eigenvalue weighted by atomic mass is 10.1. The highest BCUT2D eigenvalue weighted by molar-refractivity contribution is 7.07. The van der Waals surface area contributed by atoms with E-state index in [-0.39, 0.29) is 12.1 Å². The van der Waals surface area contributed by atoms with E-state index in [2.05, 4.69) is 32.4 Å². The Kier molecular flexibility index (Phi) is 5.85. The summed E-state index contributed by atoms with van der Waals surface area (Å²) >= 11 is 1.68. The predicted molar refractivity (Wildman–Crippen MR) is 97.7 cm³/mol. The number of aryl methyl sites for hydroxylation is 1. The molecular weight excluding hydrogens is 322 g/mol. The maximum absolute atomic E-state index is 12.2. The Hall–Kier alpha value is -1.89. The van der Waals surface area contributed by atoms with Crippen molar-refractivity contribution in [1.82, 2.24) is 10.2 Å². The fourth-order valence-electron chi connectivity index (χ4n) is 2.81. The Balaban J connectivity index is 1.58. The van der Waals surface area contributed by atoms with Crippen molar-refractivity contribution < 1.29 is 9.53 Å². The zero-order chi connectivity index (χ0) is 16.8. The minimum atomic E-state index is -0.174. The van der Waals surface area contributed by atoms with Gasteiger partial charge in [0.05, 0.1) is 19.3 Å². The van der Waals surface area contributed by atoms with Gasteiger partial charge in [0, 0.05) is 25.3 Å². The molecule has 1 aliphatic rings. The molecule has 2 aromatic rings. The van der Waals surface area contributed by atoms with Crippen molar-refractivity contribution in [2.75, 3.05) is 38.2 Å². The molecule has 3 rings (SSSR count). The summed E-state index contributed by atoms with van der Waals surface area (Å²) in [5, 5.41) is 10.1. The van der Waals surface area contributed by atoms with E-state index < -0.39 is 0 Å². The van der Waals surface area contributed by atoms with Crippen LogP contribution in [0.1, 0.15) is 17.2 Å². The molecule has 0 saturated carbocycles. The van der Waals surface area contributed by atoms with Crippen LogP contribution in [0.4, 0.5) is 10.5 Å². The number of morpholine rings is 1. The van der Waals surface area contributed by atoms with E-state index in [9.17, 15) is 4.79 Å². The van der Waals surface area contributed by atoms with Crippen LogP contribution >= 0.6 is 11.3 Å². The summed E-state index contributed by atoms with van der Waals surface area (Å²) in [6, 6.07) is 9.93. The third kappa shape index (κ3) is 4.56. The second-order valence-corrected chi connectivity index (χ2v) is 6.70. The minimum absolute atomic E-state index is 0.174. The number of nitrogens with one attached hydrogen (secondary N) is 2. The molecule has 0 radical (unpaired) electrons. The Labute approximate surface area is 146 Å². The molecule has 128 valence electrons. The number of benzene rings is 1. The van der Waals surface area contributed by atoms with Gasteiger partial charge in [-0.3, -0.25) is 4.90 Å². The number of urea groups is 1. The van der Waals surface area contributed by atoms with E-state index in [1.807, 2.05) is 31.2 Å². The molecule has 24 heavy (non-hydrogen) atoms. The molecule has 0 spiro atoms. The van der Waals surface area contributed by atoms with Crippen LogP contribution in [-0.4, -0.2) is 43.8 Å². The Morgan fingerprint density at radius 1 is 1.25 bits per heavy atom. The van der Waals surface area contributed by atoms with Gasteiger partial charge in [0.25, 0.3) is 0 Å². The summed E-state index contributed by atoms with van der Waals surface area (Å²) in [5.74, 6) is 0. The molecule has 1 aromatic heterocycles. The van der Waals surface area contributed by atoms with E-state index in [1.54, 1.807) is 11.3 Å². The largest absolute Gasteiger partial charge is 0.379 e. The Morgan fingerprint density at radius 3 is 2.67 bits per heavy atom. The van der Waals surface area contributed by atoms with E-state index in [4.69, 9.17) is 4.74 Å². The zero-order valence-electron chi connectivity index (χ0n) is 13.8. The number of thiophene rings is 1. The number of carbonyl (C=O) groups excluding carboxylic acids is 1. The first-order chi connectivity index (χ1) is 11.7. The van der Waals surface area contributed by atoms with Gasteiger partial charge in [-0.25, -0.2) is 4.79 Å². The van der Waals surface area contributed by atoms with Gasteiger partial charge < -0.3 is 15.4 Å². The van der Waals surface area contributed by atoms with Crippen molar-refractivity contribution in [2.24, 2.45) is 0 Å². The van der Waals surface area contributed by atoms with Crippen molar-refractivity contribution >= 4 is 23.1 Å². The van der Waals surface area contributed by atoms with Crippen LogP contribution in [0.25, 0.3) is 0 Å². The molecule has 1 atom stereocenters. The summed E-state index contributed by atoms with van der Waals surface area (Å²) in [7, 11) is 0. The molecule has 1 aromatic carbocycles. The Morgan fingerprint density at radius 2 is 2.00 bits per heavy atom. The van der Waals surface area contributed by atoms with Crippen molar-refractivity contribution in [2.45, 2.75) is 13.0 Å². The lowest BCUT2D eigenvalue weighted by Gasteiger charge is -2.34. The number of amides is 2. The third-order valence-electron chi connectivity index (χ3n) is 4.18. The van der Waals surface area contributed by atoms with Crippen molar-refractivity contribution in [3.05, 3.63) is 52.2 Å². The van der Waals surface area contributed by atoms with Gasteiger partial charge in [-0.15, -0.1) is 0 Å². The van der Waals surface area contributed by atoms with Crippen molar-refractivity contribution in [3.8, 4) is 0 Å². The number of rotatable bonds is 5. The molecule has 0 bridgehead atoms. The quantitative estimate of drug-likeness (QED) is 0.875. The number of carbonyl (C=O) groups is 1. The molecule has 2 heterocycles. The summed E-state index contributed by atoms with van der Waals surface area (Å²) in [6.45, 7) is 5.88. The van der Waals surface area contributed by atoms with Crippen LogP contribution in [-0.2, 0) is 4.74 Å². The van der Waals surface area contributed by atoms with Gasteiger partial charge in [0.2, 0.25) is 0 Å². The first-order valence-electron chi connectivity index (χ1n) is 8.18. The van der Waals surface area contributed by atoms with Gasteiger partial charge in [-0.05, 0) is 41.4 Å². The van der Waals surface area contributed by atoms with Crippen molar-refractivity contribution in [1.29, 1.82) is 0 Å². The molecule has 1 saturated heterocycles. The number of hydrogen-bond donors (Lipinski definition) is 2. The average Bonchev–Trinajstić information content (AvgIpc) is 3.12. The maximum Gasteiger partial charge on any atom is 0.319 e. The van der Waals surface area contributed by atoms with E-state index >= 15 is 0 Å². The summed E-state index contributed by atoms with van der Waals surface area (Å²) in [6.07, 6.45) is 0. The molecule has 6 heteroatoms. The first-order valence-corrected chi connectivity index (χ1v) is 9.12. The normalized spacial score (nSPS) is 16.5. The smallest absolute Gasteiger partial charge is 0.319 e. The van der Waals surface area contributed by atoms with Gasteiger partial charge in [0.15, 0.2) is 0 Å². The van der Waals surface area contributed by atoms with Crippen LogP contribution in [0.3, 0.4) is 0 Å². The number of ether oxygens (including phenoxy) is 1. The fraction of sp³-hybridized carbons (Fsp3) is 0.389. The van der Waals surface area contributed by atoms with E-state index in [0.717, 1.165) is 32.0 Å². The Bertz CT molecular complexity index is 637. The standard InChI is InChI=1S/C18H23N3O2S/c1-14-2-4-16(5-3-14)20-18(22)19-12-17(15-6-11-24-13-15)21-7-9-23-10-8-21/h2-6,11,13,17H,7-10,12H2,1H3,(H2,19,20,22). The fourth-order valence-corrected chi connectivity index (χ4v) is 3.52. The first kappa shape index (κ1) is 17.0. The third-order valence-corrected chi connectivity index (χ3v) is 4.88. The SMILES string of the molecule is Cc1ccc(NC(=O)NCC(c2ccsc2)N2CCOCC2)cc1. The molecule has 1 aliphatic heterocycles. The average molecular weight is 345 g/mol. The van der Waals surface area contributed by atoms with Crippen LogP contribution in [0.2, 0.25) is 0 Å². The van der Waals surface area contributed by atoms with Crippen LogP contribution < -0.4 is 10.6 Å². The number of anilines is 1. The summed E-state index contributed by atoms with van der Waals surface area (Å²) in [4.78, 5) is 14.6. The summed E-state index contributed by atoms with van der Waals surface area (Å²) < 4.78 is 5.44. The highest BCUT2D eigenvalue weighted by atomic mass is 32.1. The summed E-state index contributed by atoms with van der Waals surface area (Å²) in [5.41, 5.74) is 3.22. The van der Waals surface area contributed by atoms with Gasteiger partial charge in [-0.2, -0.15) is 11.3 Å². The highest BCUT2D eigenvalue weighted by Gasteiger charge is 2.23. The lowest BCUT2D eigenvalue weighted by Crippen LogP contribution is -2.44. The van der Waals surface area contributed by atoms with Crippen LogP contribution in [0.15, 0.2) is 41.1 Å². The van der Waals surface area contributed by atoms with Gasteiger partial charge in [0.1, 0.15) is 0 Å². The van der Waals surface area contributed by atoms with Crippen LogP contribution in [0.5, 0.6) is 0 Å². The highest BCUT2D eigenvalue weighted by Crippen LogP contribution is 2.23. The predicted octanol–water partition coefficient (Wildman–Crippen LogP) is 3.25. The van der Waals surface area contributed by atoms with Crippen LogP contribution in [0, 0.1) is 6.92 Å². The monoisotopic (exact) mass is 345 g/mol. The maximum atomic E-state index is 12.2. The molecular formula is C18H23N3O2S. The molecule has 1 fully saturated rings. The minimum Gasteiger partial charge on any atom is -0.379 e. The van der Waals surface area contributed by atoms with E-state index in [0.29, 0.717) is 6.54 Å². The topological polar surface area (TPSA) is 53.6 Å². The molecule has 2 amide bonds.